The van der Waals surface area contributed by atoms with Crippen molar-refractivity contribution >= 4 is 23.8 Å². The average molecular weight is 655 g/mol. The SMILES string of the molecule is CCC/C=C/C=C/[C@H]1CCC(=O)N1CCc1ccc(C(=O)O)cc1.CCC/C=C/C=C\[C@H]1CCC(=O)N1CCc1ccc(C(=O)O)cc1. The van der Waals surface area contributed by atoms with E-state index in [0.717, 1.165) is 62.5 Å². The molecular formula is C40H50N2O6. The van der Waals surface area contributed by atoms with Gasteiger partial charge in [-0.25, -0.2) is 9.59 Å². The zero-order valence-electron chi connectivity index (χ0n) is 28.3. The molecule has 2 aliphatic rings. The number of carboxylic acids is 2. The molecule has 2 N–H and O–H groups in total. The van der Waals surface area contributed by atoms with Crippen LogP contribution in [0.2, 0.25) is 0 Å². The molecule has 0 spiro atoms. The van der Waals surface area contributed by atoms with Crippen molar-refractivity contribution in [1.29, 1.82) is 0 Å². The van der Waals surface area contributed by atoms with Crippen LogP contribution in [0.5, 0.6) is 0 Å². The van der Waals surface area contributed by atoms with E-state index in [1.807, 2.05) is 46.2 Å². The lowest BCUT2D eigenvalue weighted by Crippen LogP contribution is -2.33. The number of unbranched alkanes of at least 4 members (excludes halogenated alkanes) is 2. The Balaban J connectivity index is 0.000000260. The van der Waals surface area contributed by atoms with Gasteiger partial charge in [-0.2, -0.15) is 0 Å². The Kier molecular flexibility index (Phi) is 16.1. The summed E-state index contributed by atoms with van der Waals surface area (Å²) in [5, 5.41) is 17.8. The van der Waals surface area contributed by atoms with Gasteiger partial charge in [0.25, 0.3) is 0 Å². The van der Waals surface area contributed by atoms with Crippen LogP contribution >= 0.6 is 0 Å². The van der Waals surface area contributed by atoms with E-state index in [1.54, 1.807) is 24.3 Å². The number of benzene rings is 2. The average Bonchev–Trinajstić information content (AvgIpc) is 3.63. The molecule has 8 nitrogen and oxygen atoms in total. The van der Waals surface area contributed by atoms with Crippen molar-refractivity contribution in [1.82, 2.24) is 9.80 Å². The molecule has 0 aromatic heterocycles. The van der Waals surface area contributed by atoms with E-state index >= 15 is 0 Å². The summed E-state index contributed by atoms with van der Waals surface area (Å²) in [4.78, 5) is 49.7. The van der Waals surface area contributed by atoms with Crippen LogP contribution in [0.25, 0.3) is 0 Å². The summed E-state index contributed by atoms with van der Waals surface area (Å²) in [5.74, 6) is -1.44. The van der Waals surface area contributed by atoms with Gasteiger partial charge in [0.1, 0.15) is 0 Å². The Bertz CT molecular complexity index is 1340. The fourth-order valence-corrected chi connectivity index (χ4v) is 5.69. The summed E-state index contributed by atoms with van der Waals surface area (Å²) < 4.78 is 0. The largest absolute Gasteiger partial charge is 0.478 e. The molecule has 2 aromatic rings. The summed E-state index contributed by atoms with van der Waals surface area (Å²) in [7, 11) is 0. The molecule has 8 heteroatoms. The molecule has 0 aliphatic carbocycles. The monoisotopic (exact) mass is 654 g/mol. The van der Waals surface area contributed by atoms with Gasteiger partial charge in [0, 0.05) is 25.9 Å². The third-order valence-corrected chi connectivity index (χ3v) is 8.51. The highest BCUT2D eigenvalue weighted by molar-refractivity contribution is 5.88. The Morgan fingerprint density at radius 2 is 1.02 bits per heavy atom. The van der Waals surface area contributed by atoms with Crippen LogP contribution in [-0.2, 0) is 22.4 Å². The second kappa shape index (κ2) is 20.5. The predicted octanol–water partition coefficient (Wildman–Crippen LogP) is 7.66. The molecule has 0 unspecified atom stereocenters. The summed E-state index contributed by atoms with van der Waals surface area (Å²) in [6, 6.07) is 14.1. The van der Waals surface area contributed by atoms with Gasteiger partial charge in [0.2, 0.25) is 11.8 Å². The number of carbonyl (C=O) groups excluding carboxylic acids is 2. The molecule has 0 saturated carbocycles. The first-order chi connectivity index (χ1) is 23.2. The van der Waals surface area contributed by atoms with E-state index in [0.29, 0.717) is 25.9 Å². The number of aromatic carboxylic acids is 2. The van der Waals surface area contributed by atoms with Crippen molar-refractivity contribution in [2.45, 2.75) is 90.1 Å². The molecule has 2 aromatic carbocycles. The molecule has 2 fully saturated rings. The quantitative estimate of drug-likeness (QED) is 0.180. The van der Waals surface area contributed by atoms with Crippen LogP contribution in [0, 0.1) is 0 Å². The number of likely N-dealkylation sites (tertiary alicyclic amines) is 2. The highest BCUT2D eigenvalue weighted by Gasteiger charge is 2.29. The van der Waals surface area contributed by atoms with Gasteiger partial charge in [0.05, 0.1) is 23.2 Å². The first-order valence-corrected chi connectivity index (χ1v) is 17.1. The second-order valence-electron chi connectivity index (χ2n) is 12.1. The third-order valence-electron chi connectivity index (χ3n) is 8.51. The van der Waals surface area contributed by atoms with Crippen LogP contribution in [0.15, 0.2) is 97.1 Å². The predicted molar refractivity (Wildman–Crippen MR) is 190 cm³/mol. The standard InChI is InChI=1S/2C20H25NO3/c2*1-2-3-4-5-6-7-18-12-13-19(22)21(18)15-14-16-8-10-17(11-9-16)20(23)24/h2*4-11,18H,2-3,12-15H2,1H3,(H,23,24)/b5-4+,7-6+;5-4+,7-6-/t2*18-/m00/s1. The molecule has 0 bridgehead atoms. The number of allylic oxidation sites excluding steroid dienone is 6. The maximum absolute atomic E-state index is 12.1. The van der Waals surface area contributed by atoms with Gasteiger partial charge in [-0.05, 0) is 73.9 Å². The second-order valence-corrected chi connectivity index (χ2v) is 12.1. The number of rotatable bonds is 16. The van der Waals surface area contributed by atoms with Crippen molar-refractivity contribution in [3.05, 3.63) is 119 Å². The van der Waals surface area contributed by atoms with Crippen LogP contribution in [0.1, 0.15) is 97.1 Å². The third kappa shape index (κ3) is 12.5. The summed E-state index contributed by atoms with van der Waals surface area (Å²) >= 11 is 0. The summed E-state index contributed by atoms with van der Waals surface area (Å²) in [6.07, 6.45) is 25.5. The fourth-order valence-electron chi connectivity index (χ4n) is 5.69. The van der Waals surface area contributed by atoms with Gasteiger partial charge in [-0.1, -0.05) is 99.6 Å². The first-order valence-electron chi connectivity index (χ1n) is 17.1. The van der Waals surface area contributed by atoms with Gasteiger partial charge >= 0.3 is 11.9 Å². The maximum Gasteiger partial charge on any atom is 0.335 e. The lowest BCUT2D eigenvalue weighted by molar-refractivity contribution is -0.129. The maximum atomic E-state index is 12.1. The van der Waals surface area contributed by atoms with E-state index in [9.17, 15) is 19.2 Å². The first kappa shape index (κ1) is 37.7. The number of nitrogens with zero attached hydrogens (tertiary/aromatic N) is 2. The molecule has 2 heterocycles. The summed E-state index contributed by atoms with van der Waals surface area (Å²) in [6.45, 7) is 5.63. The highest BCUT2D eigenvalue weighted by atomic mass is 16.4. The van der Waals surface area contributed by atoms with Crippen LogP contribution in [0.4, 0.5) is 0 Å². The van der Waals surface area contributed by atoms with E-state index in [2.05, 4.69) is 50.3 Å². The minimum absolute atomic E-state index is 0.169. The van der Waals surface area contributed by atoms with Crippen LogP contribution in [0.3, 0.4) is 0 Å². The number of hydrogen-bond acceptors (Lipinski definition) is 4. The molecule has 2 saturated heterocycles. The van der Waals surface area contributed by atoms with Crippen molar-refractivity contribution < 1.29 is 29.4 Å². The Morgan fingerprint density at radius 3 is 1.35 bits per heavy atom. The summed E-state index contributed by atoms with van der Waals surface area (Å²) in [5.41, 5.74) is 2.67. The smallest absolute Gasteiger partial charge is 0.335 e. The van der Waals surface area contributed by atoms with E-state index in [4.69, 9.17) is 10.2 Å². The van der Waals surface area contributed by atoms with Gasteiger partial charge in [-0.15, -0.1) is 0 Å². The molecule has 2 amide bonds. The molecule has 2 atom stereocenters. The van der Waals surface area contributed by atoms with E-state index in [-0.39, 0.29) is 35.0 Å². The lowest BCUT2D eigenvalue weighted by Gasteiger charge is -2.22. The minimum Gasteiger partial charge on any atom is -0.478 e. The molecule has 48 heavy (non-hydrogen) atoms. The topological polar surface area (TPSA) is 115 Å². The fraction of sp³-hybridized carbons (Fsp3) is 0.400. The van der Waals surface area contributed by atoms with Crippen molar-refractivity contribution in [3.63, 3.8) is 0 Å². The Labute approximate surface area is 285 Å². The lowest BCUT2D eigenvalue weighted by atomic mass is 10.1. The van der Waals surface area contributed by atoms with Crippen molar-refractivity contribution in [3.8, 4) is 0 Å². The molecule has 0 radical (unpaired) electrons. The zero-order valence-corrected chi connectivity index (χ0v) is 28.3. The molecular weight excluding hydrogens is 604 g/mol. The van der Waals surface area contributed by atoms with Gasteiger partial charge in [-0.3, -0.25) is 9.59 Å². The van der Waals surface area contributed by atoms with Crippen molar-refractivity contribution in [2.75, 3.05) is 13.1 Å². The Morgan fingerprint density at radius 1 is 0.646 bits per heavy atom. The number of carboxylic acid groups (broad SMARTS) is 2. The van der Waals surface area contributed by atoms with Gasteiger partial charge in [0.15, 0.2) is 0 Å². The number of carbonyl (C=O) groups is 4. The van der Waals surface area contributed by atoms with E-state index < -0.39 is 11.9 Å². The van der Waals surface area contributed by atoms with Crippen LogP contribution < -0.4 is 0 Å². The molecule has 4 rings (SSSR count). The van der Waals surface area contributed by atoms with E-state index in [1.165, 1.54) is 0 Å². The molecule has 2 aliphatic heterocycles. The normalized spacial score (nSPS) is 18.1. The molecule has 256 valence electrons. The zero-order chi connectivity index (χ0) is 34.7. The van der Waals surface area contributed by atoms with Crippen LogP contribution in [-0.4, -0.2) is 68.9 Å². The van der Waals surface area contributed by atoms with Gasteiger partial charge < -0.3 is 20.0 Å². The Hall–Kier alpha value is -4.72. The number of hydrogen-bond donors (Lipinski definition) is 2. The van der Waals surface area contributed by atoms with Crippen molar-refractivity contribution in [2.24, 2.45) is 0 Å². The highest BCUT2D eigenvalue weighted by Crippen LogP contribution is 2.22. The minimum atomic E-state index is -0.919. The number of amides is 2.